The van der Waals surface area contributed by atoms with Gasteiger partial charge in [-0.25, -0.2) is 9.78 Å². The van der Waals surface area contributed by atoms with Crippen LogP contribution in [0.4, 0.5) is 0 Å². The molecule has 0 aliphatic carbocycles. The van der Waals surface area contributed by atoms with Gasteiger partial charge in [0.1, 0.15) is 5.69 Å². The molecule has 0 unspecified atom stereocenters. The standard InChI is InChI=1S/C13H18N2O3/c1-5-15(8(2)3)12(16)11-7-6-10(13(17)18)9(4)14-11/h6-8H,5H2,1-4H3,(H,17,18). The maximum atomic E-state index is 12.2. The van der Waals surface area contributed by atoms with Crippen molar-refractivity contribution < 1.29 is 14.7 Å². The summed E-state index contributed by atoms with van der Waals surface area (Å²) < 4.78 is 0. The highest BCUT2D eigenvalue weighted by Crippen LogP contribution is 2.10. The lowest BCUT2D eigenvalue weighted by Gasteiger charge is -2.24. The summed E-state index contributed by atoms with van der Waals surface area (Å²) in [7, 11) is 0. The Hall–Kier alpha value is -1.91. The highest BCUT2D eigenvalue weighted by molar-refractivity contribution is 5.94. The van der Waals surface area contributed by atoms with Gasteiger partial charge in [-0.05, 0) is 39.8 Å². The van der Waals surface area contributed by atoms with Crippen LogP contribution in [0.5, 0.6) is 0 Å². The quantitative estimate of drug-likeness (QED) is 0.886. The fourth-order valence-electron chi connectivity index (χ4n) is 1.80. The lowest BCUT2D eigenvalue weighted by molar-refractivity contribution is 0.0685. The smallest absolute Gasteiger partial charge is 0.337 e. The van der Waals surface area contributed by atoms with E-state index in [0.717, 1.165) is 0 Å². The lowest BCUT2D eigenvalue weighted by atomic mass is 10.1. The summed E-state index contributed by atoms with van der Waals surface area (Å²) in [6.45, 7) is 7.94. The van der Waals surface area contributed by atoms with Crippen molar-refractivity contribution in [1.82, 2.24) is 9.88 Å². The van der Waals surface area contributed by atoms with Crippen LogP contribution in [0, 0.1) is 6.92 Å². The number of amides is 1. The fraction of sp³-hybridized carbons (Fsp3) is 0.462. The maximum Gasteiger partial charge on any atom is 0.337 e. The van der Waals surface area contributed by atoms with Crippen molar-refractivity contribution in [2.24, 2.45) is 0 Å². The van der Waals surface area contributed by atoms with E-state index in [1.807, 2.05) is 20.8 Å². The molecular weight excluding hydrogens is 232 g/mol. The van der Waals surface area contributed by atoms with Gasteiger partial charge >= 0.3 is 5.97 Å². The summed E-state index contributed by atoms with van der Waals surface area (Å²) in [6.07, 6.45) is 0. The van der Waals surface area contributed by atoms with Gasteiger partial charge in [-0.1, -0.05) is 0 Å². The summed E-state index contributed by atoms with van der Waals surface area (Å²) in [5, 5.41) is 8.90. The van der Waals surface area contributed by atoms with Crippen molar-refractivity contribution in [1.29, 1.82) is 0 Å². The zero-order valence-electron chi connectivity index (χ0n) is 11.1. The molecule has 1 aromatic heterocycles. The molecule has 1 N–H and O–H groups in total. The minimum absolute atomic E-state index is 0.0868. The average Bonchev–Trinajstić information content (AvgIpc) is 2.28. The van der Waals surface area contributed by atoms with Crippen molar-refractivity contribution >= 4 is 11.9 Å². The highest BCUT2D eigenvalue weighted by Gasteiger charge is 2.19. The number of hydrogen-bond donors (Lipinski definition) is 1. The van der Waals surface area contributed by atoms with Crippen LogP contribution in [0.25, 0.3) is 0 Å². The number of hydrogen-bond acceptors (Lipinski definition) is 3. The number of carboxylic acids is 1. The number of aromatic nitrogens is 1. The molecule has 0 aromatic carbocycles. The van der Waals surface area contributed by atoms with Crippen molar-refractivity contribution in [3.63, 3.8) is 0 Å². The van der Waals surface area contributed by atoms with Crippen LogP contribution in [0.15, 0.2) is 12.1 Å². The topological polar surface area (TPSA) is 70.5 Å². The largest absolute Gasteiger partial charge is 0.478 e. The van der Waals surface area contributed by atoms with Gasteiger partial charge in [0.25, 0.3) is 5.91 Å². The van der Waals surface area contributed by atoms with Crippen molar-refractivity contribution in [3.8, 4) is 0 Å². The van der Waals surface area contributed by atoms with E-state index >= 15 is 0 Å². The van der Waals surface area contributed by atoms with E-state index < -0.39 is 5.97 Å². The highest BCUT2D eigenvalue weighted by atomic mass is 16.4. The van der Waals surface area contributed by atoms with E-state index in [-0.39, 0.29) is 23.2 Å². The molecule has 0 spiro atoms. The predicted molar refractivity (Wildman–Crippen MR) is 67.8 cm³/mol. The molecule has 5 heteroatoms. The van der Waals surface area contributed by atoms with Gasteiger partial charge in [-0.3, -0.25) is 4.79 Å². The van der Waals surface area contributed by atoms with E-state index in [2.05, 4.69) is 4.98 Å². The van der Waals surface area contributed by atoms with Crippen LogP contribution < -0.4 is 0 Å². The van der Waals surface area contributed by atoms with Crippen LogP contribution in [-0.2, 0) is 0 Å². The number of rotatable bonds is 4. The van der Waals surface area contributed by atoms with Gasteiger partial charge < -0.3 is 10.0 Å². The molecule has 0 bridgehead atoms. The molecule has 5 nitrogen and oxygen atoms in total. The van der Waals surface area contributed by atoms with Crippen LogP contribution in [-0.4, -0.2) is 39.5 Å². The Balaban J connectivity index is 3.08. The summed E-state index contributed by atoms with van der Waals surface area (Å²) in [4.78, 5) is 28.8. The molecule has 0 saturated carbocycles. The van der Waals surface area contributed by atoms with Crippen LogP contribution in [0.2, 0.25) is 0 Å². The first-order valence-electron chi connectivity index (χ1n) is 5.90. The maximum absolute atomic E-state index is 12.2. The Morgan fingerprint density at radius 2 is 2.00 bits per heavy atom. The molecule has 98 valence electrons. The van der Waals surface area contributed by atoms with E-state index in [4.69, 9.17) is 5.11 Å². The molecule has 1 amide bonds. The van der Waals surface area contributed by atoms with Gasteiger partial charge in [0.15, 0.2) is 0 Å². The molecular formula is C13H18N2O3. The SMILES string of the molecule is CCN(C(=O)c1ccc(C(=O)O)c(C)n1)C(C)C. The van der Waals surface area contributed by atoms with Crippen LogP contribution >= 0.6 is 0 Å². The van der Waals surface area contributed by atoms with E-state index in [1.165, 1.54) is 12.1 Å². The average molecular weight is 250 g/mol. The van der Waals surface area contributed by atoms with Gasteiger partial charge in [0, 0.05) is 12.6 Å². The van der Waals surface area contributed by atoms with E-state index in [1.54, 1.807) is 11.8 Å². The second kappa shape index (κ2) is 5.62. The molecule has 0 saturated heterocycles. The third-order valence-corrected chi connectivity index (χ3v) is 2.76. The molecule has 18 heavy (non-hydrogen) atoms. The van der Waals surface area contributed by atoms with Crippen LogP contribution in [0.1, 0.15) is 47.3 Å². The number of aromatic carboxylic acids is 1. The summed E-state index contributed by atoms with van der Waals surface area (Å²) in [6, 6.07) is 2.97. The van der Waals surface area contributed by atoms with Gasteiger partial charge in [-0.2, -0.15) is 0 Å². The summed E-state index contributed by atoms with van der Waals surface area (Å²) >= 11 is 0. The van der Waals surface area contributed by atoms with Gasteiger partial charge in [0.05, 0.1) is 11.3 Å². The Kier molecular flexibility index (Phi) is 4.42. The molecule has 0 radical (unpaired) electrons. The second-order valence-electron chi connectivity index (χ2n) is 4.32. The minimum Gasteiger partial charge on any atom is -0.478 e. The van der Waals surface area contributed by atoms with Crippen molar-refractivity contribution in [3.05, 3.63) is 29.1 Å². The first kappa shape index (κ1) is 14.2. The normalized spacial score (nSPS) is 10.5. The Morgan fingerprint density at radius 1 is 1.39 bits per heavy atom. The third kappa shape index (κ3) is 2.85. The molecule has 1 aromatic rings. The lowest BCUT2D eigenvalue weighted by Crippen LogP contribution is -2.37. The van der Waals surface area contributed by atoms with Gasteiger partial charge in [-0.15, -0.1) is 0 Å². The number of carbonyl (C=O) groups is 2. The van der Waals surface area contributed by atoms with Gasteiger partial charge in [0.2, 0.25) is 0 Å². The van der Waals surface area contributed by atoms with Crippen molar-refractivity contribution in [2.45, 2.75) is 33.7 Å². The fourth-order valence-corrected chi connectivity index (χ4v) is 1.80. The monoisotopic (exact) mass is 250 g/mol. The Morgan fingerprint density at radius 3 is 2.39 bits per heavy atom. The molecule has 0 fully saturated rings. The number of pyridine rings is 1. The third-order valence-electron chi connectivity index (χ3n) is 2.76. The first-order valence-corrected chi connectivity index (χ1v) is 5.90. The van der Waals surface area contributed by atoms with E-state index in [9.17, 15) is 9.59 Å². The zero-order chi connectivity index (χ0) is 13.9. The van der Waals surface area contributed by atoms with Crippen molar-refractivity contribution in [2.75, 3.05) is 6.54 Å². The molecule has 1 heterocycles. The molecule has 0 atom stereocenters. The molecule has 0 aliphatic rings. The summed E-state index contributed by atoms with van der Waals surface area (Å²) in [5.41, 5.74) is 0.764. The molecule has 1 rings (SSSR count). The van der Waals surface area contributed by atoms with Crippen LogP contribution in [0.3, 0.4) is 0 Å². The minimum atomic E-state index is -1.03. The van der Waals surface area contributed by atoms with E-state index in [0.29, 0.717) is 12.2 Å². The zero-order valence-corrected chi connectivity index (χ0v) is 11.1. The Bertz CT molecular complexity index is 469. The number of nitrogens with zero attached hydrogens (tertiary/aromatic N) is 2. The number of carbonyl (C=O) groups excluding carboxylic acids is 1. The second-order valence-corrected chi connectivity index (χ2v) is 4.32. The number of carboxylic acid groups (broad SMARTS) is 1. The Labute approximate surface area is 106 Å². The predicted octanol–water partition coefficient (Wildman–Crippen LogP) is 1.96. The number of aryl methyl sites for hydroxylation is 1. The summed E-state index contributed by atoms with van der Waals surface area (Å²) in [5.74, 6) is -1.21. The molecule has 0 aliphatic heterocycles. The first-order chi connectivity index (χ1) is 8.38.